The van der Waals surface area contributed by atoms with Crippen molar-refractivity contribution in [3.63, 3.8) is 0 Å². The molecule has 0 radical (unpaired) electrons. The Morgan fingerprint density at radius 3 is 2.50 bits per heavy atom. The van der Waals surface area contributed by atoms with Crippen LogP contribution in [0.3, 0.4) is 0 Å². The summed E-state index contributed by atoms with van der Waals surface area (Å²) >= 11 is 0. The molecule has 1 fully saturated rings. The number of hydrogen-bond acceptors (Lipinski definition) is 4. The molecular formula is C13H17N3O4. The van der Waals surface area contributed by atoms with Crippen molar-refractivity contribution >= 4 is 11.9 Å². The van der Waals surface area contributed by atoms with Gasteiger partial charge in [0.1, 0.15) is 5.54 Å². The van der Waals surface area contributed by atoms with Crippen LogP contribution in [0.1, 0.15) is 36.2 Å². The fraction of sp³-hybridized carbons (Fsp3) is 0.538. The van der Waals surface area contributed by atoms with Crippen LogP contribution in [0, 0.1) is 13.8 Å². The minimum absolute atomic E-state index is 0.0104. The Morgan fingerprint density at radius 1 is 1.40 bits per heavy atom. The van der Waals surface area contributed by atoms with Crippen molar-refractivity contribution in [3.8, 4) is 0 Å². The Balaban J connectivity index is 2.13. The van der Waals surface area contributed by atoms with Gasteiger partial charge >= 0.3 is 11.7 Å². The maximum atomic E-state index is 12.0. The SMILES string of the molecule is Cc1nc(=O)[nH]c(C)c1CC(=O)NC1(C(=O)O)CCC1. The molecule has 1 amide bonds. The van der Waals surface area contributed by atoms with Gasteiger partial charge in [0.25, 0.3) is 0 Å². The number of H-pyrrole nitrogens is 1. The van der Waals surface area contributed by atoms with Crippen molar-refractivity contribution in [1.29, 1.82) is 0 Å². The number of amides is 1. The number of rotatable bonds is 4. The number of carbonyl (C=O) groups is 2. The van der Waals surface area contributed by atoms with Crippen LogP contribution >= 0.6 is 0 Å². The molecule has 1 aliphatic carbocycles. The van der Waals surface area contributed by atoms with E-state index in [0.29, 0.717) is 29.8 Å². The van der Waals surface area contributed by atoms with Crippen molar-refractivity contribution in [2.24, 2.45) is 0 Å². The van der Waals surface area contributed by atoms with E-state index in [2.05, 4.69) is 15.3 Å². The predicted molar refractivity (Wildman–Crippen MR) is 70.4 cm³/mol. The van der Waals surface area contributed by atoms with Crippen LogP contribution in [-0.4, -0.2) is 32.5 Å². The Morgan fingerprint density at radius 2 is 2.05 bits per heavy atom. The van der Waals surface area contributed by atoms with E-state index in [1.54, 1.807) is 13.8 Å². The van der Waals surface area contributed by atoms with Crippen molar-refractivity contribution in [1.82, 2.24) is 15.3 Å². The second-order valence-corrected chi connectivity index (χ2v) is 5.20. The highest BCUT2D eigenvalue weighted by Gasteiger charge is 2.45. The quantitative estimate of drug-likeness (QED) is 0.721. The van der Waals surface area contributed by atoms with Gasteiger partial charge in [0.2, 0.25) is 5.91 Å². The van der Waals surface area contributed by atoms with Crippen molar-refractivity contribution in [2.75, 3.05) is 0 Å². The lowest BCUT2D eigenvalue weighted by Crippen LogP contribution is -2.59. The average molecular weight is 279 g/mol. The third kappa shape index (κ3) is 2.56. The summed E-state index contributed by atoms with van der Waals surface area (Å²) in [6.45, 7) is 3.34. The van der Waals surface area contributed by atoms with E-state index in [9.17, 15) is 14.4 Å². The number of carboxylic acid groups (broad SMARTS) is 1. The van der Waals surface area contributed by atoms with Gasteiger partial charge in [-0.25, -0.2) is 9.59 Å². The maximum Gasteiger partial charge on any atom is 0.345 e. The lowest BCUT2D eigenvalue weighted by Gasteiger charge is -2.38. The van der Waals surface area contributed by atoms with E-state index in [-0.39, 0.29) is 12.3 Å². The Labute approximate surface area is 115 Å². The van der Waals surface area contributed by atoms with Crippen molar-refractivity contribution < 1.29 is 14.7 Å². The molecule has 7 nitrogen and oxygen atoms in total. The second-order valence-electron chi connectivity index (χ2n) is 5.20. The molecular weight excluding hydrogens is 262 g/mol. The van der Waals surface area contributed by atoms with Gasteiger partial charge in [-0.2, -0.15) is 4.98 Å². The molecule has 1 saturated carbocycles. The maximum absolute atomic E-state index is 12.0. The number of aromatic nitrogens is 2. The molecule has 1 aromatic rings. The lowest BCUT2D eigenvalue weighted by atomic mass is 9.76. The average Bonchev–Trinajstić information content (AvgIpc) is 2.28. The molecule has 1 heterocycles. The second kappa shape index (κ2) is 5.07. The Kier molecular flexibility index (Phi) is 3.61. The number of nitrogens with one attached hydrogen (secondary N) is 2. The van der Waals surface area contributed by atoms with Gasteiger partial charge < -0.3 is 15.4 Å². The molecule has 0 unspecified atom stereocenters. The minimum atomic E-state index is -1.12. The monoisotopic (exact) mass is 279 g/mol. The first-order valence-corrected chi connectivity index (χ1v) is 6.45. The van der Waals surface area contributed by atoms with E-state index in [1.165, 1.54) is 0 Å². The van der Waals surface area contributed by atoms with Crippen molar-refractivity contribution in [2.45, 2.75) is 45.1 Å². The molecule has 3 N–H and O–H groups in total. The highest BCUT2D eigenvalue weighted by Crippen LogP contribution is 2.32. The Hall–Kier alpha value is -2.18. The molecule has 0 spiro atoms. The number of carboxylic acids is 1. The first-order valence-electron chi connectivity index (χ1n) is 6.45. The van der Waals surface area contributed by atoms with Gasteiger partial charge in [-0.1, -0.05) is 0 Å². The summed E-state index contributed by atoms with van der Waals surface area (Å²) in [7, 11) is 0. The highest BCUT2D eigenvalue weighted by molar-refractivity contribution is 5.88. The highest BCUT2D eigenvalue weighted by atomic mass is 16.4. The molecule has 0 aliphatic heterocycles. The number of aromatic amines is 1. The zero-order chi connectivity index (χ0) is 14.9. The van der Waals surface area contributed by atoms with E-state index in [1.807, 2.05) is 0 Å². The van der Waals surface area contributed by atoms with E-state index in [0.717, 1.165) is 6.42 Å². The normalized spacial score (nSPS) is 16.3. The standard InChI is InChI=1S/C13H17N3O4/c1-7-9(8(2)15-12(20)14-7)6-10(17)16-13(11(18)19)4-3-5-13/h3-6H2,1-2H3,(H,16,17)(H,18,19)(H,14,15,20). The fourth-order valence-electron chi connectivity index (χ4n) is 2.41. The van der Waals surface area contributed by atoms with Gasteiger partial charge in [0.05, 0.1) is 6.42 Å². The van der Waals surface area contributed by atoms with Crippen LogP contribution in [0.5, 0.6) is 0 Å². The van der Waals surface area contributed by atoms with E-state index in [4.69, 9.17) is 5.11 Å². The number of aryl methyl sites for hydroxylation is 2. The molecule has 7 heteroatoms. The van der Waals surface area contributed by atoms with Gasteiger partial charge in [-0.15, -0.1) is 0 Å². The summed E-state index contributed by atoms with van der Waals surface area (Å²) in [5.41, 5.74) is 0.122. The molecule has 20 heavy (non-hydrogen) atoms. The topological polar surface area (TPSA) is 112 Å². The molecule has 1 aliphatic rings. The van der Waals surface area contributed by atoms with Crippen LogP contribution in [-0.2, 0) is 16.0 Å². The molecule has 0 aromatic carbocycles. The summed E-state index contributed by atoms with van der Waals surface area (Å²) in [5.74, 6) is -1.36. The molecule has 1 aromatic heterocycles. The van der Waals surface area contributed by atoms with Gasteiger partial charge in [-0.05, 0) is 33.1 Å². The first kappa shape index (κ1) is 14.2. The van der Waals surface area contributed by atoms with Crippen LogP contribution in [0.25, 0.3) is 0 Å². The van der Waals surface area contributed by atoms with Crippen LogP contribution in [0.15, 0.2) is 4.79 Å². The summed E-state index contributed by atoms with van der Waals surface area (Å²) in [4.78, 5) is 40.7. The van der Waals surface area contributed by atoms with Crippen LogP contribution < -0.4 is 11.0 Å². The number of hydrogen-bond donors (Lipinski definition) is 3. The summed E-state index contributed by atoms with van der Waals surface area (Å²) < 4.78 is 0. The van der Waals surface area contributed by atoms with Crippen LogP contribution in [0.2, 0.25) is 0 Å². The summed E-state index contributed by atoms with van der Waals surface area (Å²) in [5, 5.41) is 11.8. The van der Waals surface area contributed by atoms with Crippen molar-refractivity contribution in [3.05, 3.63) is 27.4 Å². The van der Waals surface area contributed by atoms with E-state index < -0.39 is 17.2 Å². The smallest absolute Gasteiger partial charge is 0.345 e. The van der Waals surface area contributed by atoms with Crippen LogP contribution in [0.4, 0.5) is 0 Å². The number of nitrogens with zero attached hydrogens (tertiary/aromatic N) is 1. The zero-order valence-electron chi connectivity index (χ0n) is 11.4. The third-order valence-corrected chi connectivity index (χ3v) is 3.79. The molecule has 2 rings (SSSR count). The Bertz CT molecular complexity index is 590. The number of aliphatic carboxylic acids is 1. The molecule has 0 saturated heterocycles. The first-order chi connectivity index (χ1) is 9.34. The summed E-state index contributed by atoms with van der Waals surface area (Å²) in [6.07, 6.45) is 1.72. The molecule has 0 bridgehead atoms. The largest absolute Gasteiger partial charge is 0.480 e. The molecule has 108 valence electrons. The summed E-state index contributed by atoms with van der Waals surface area (Å²) in [6, 6.07) is 0. The lowest BCUT2D eigenvalue weighted by molar-refractivity contribution is -0.151. The predicted octanol–water partition coefficient (Wildman–Crippen LogP) is 0.0527. The van der Waals surface area contributed by atoms with Gasteiger partial charge in [0.15, 0.2) is 0 Å². The van der Waals surface area contributed by atoms with Gasteiger partial charge in [-0.3, -0.25) is 4.79 Å². The fourth-order valence-corrected chi connectivity index (χ4v) is 2.41. The molecule has 0 atom stereocenters. The third-order valence-electron chi connectivity index (χ3n) is 3.79. The van der Waals surface area contributed by atoms with E-state index >= 15 is 0 Å². The number of carbonyl (C=O) groups excluding carboxylic acids is 1. The zero-order valence-corrected chi connectivity index (χ0v) is 11.4. The van der Waals surface area contributed by atoms with Gasteiger partial charge in [0, 0.05) is 17.0 Å². The minimum Gasteiger partial charge on any atom is -0.480 e.